The Kier molecular flexibility index (Phi) is 3.94. The van der Waals surface area contributed by atoms with Crippen molar-refractivity contribution in [3.63, 3.8) is 0 Å². The van der Waals surface area contributed by atoms with E-state index >= 15 is 0 Å². The smallest absolute Gasteiger partial charge is 0.0703 e. The minimum atomic E-state index is -0.331. The Morgan fingerprint density at radius 3 is 2.12 bits per heavy atom. The van der Waals surface area contributed by atoms with Gasteiger partial charge in [-0.25, -0.2) is 0 Å². The maximum atomic E-state index is 11.1. The molecule has 0 heterocycles. The van der Waals surface area contributed by atoms with Crippen molar-refractivity contribution in [2.45, 2.75) is 77.2 Å². The SMILES string of the molecule is CC1CCCC(O)(C2CCCCCC2)C1C. The summed E-state index contributed by atoms with van der Waals surface area (Å²) in [6.45, 7) is 4.61. The molecule has 0 aromatic rings. The molecule has 3 atom stereocenters. The van der Waals surface area contributed by atoms with E-state index in [1.54, 1.807) is 0 Å². The normalized spacial score (nSPS) is 42.9. The number of hydrogen-bond acceptors (Lipinski definition) is 1. The molecule has 0 spiro atoms. The molecule has 1 N–H and O–H groups in total. The van der Waals surface area contributed by atoms with E-state index in [2.05, 4.69) is 13.8 Å². The summed E-state index contributed by atoms with van der Waals surface area (Å²) in [6, 6.07) is 0. The molecule has 1 heteroatoms. The van der Waals surface area contributed by atoms with Crippen LogP contribution >= 0.6 is 0 Å². The predicted octanol–water partition coefficient (Wildman–Crippen LogP) is 4.14. The van der Waals surface area contributed by atoms with Crippen LogP contribution in [-0.2, 0) is 0 Å². The lowest BCUT2D eigenvalue weighted by Gasteiger charge is -2.47. The van der Waals surface area contributed by atoms with E-state index < -0.39 is 0 Å². The molecule has 0 bridgehead atoms. The topological polar surface area (TPSA) is 20.2 Å². The minimum absolute atomic E-state index is 0.331. The van der Waals surface area contributed by atoms with Crippen molar-refractivity contribution in [3.8, 4) is 0 Å². The third-order valence-corrected chi connectivity index (χ3v) is 5.44. The van der Waals surface area contributed by atoms with E-state index in [1.165, 1.54) is 51.4 Å². The molecule has 2 aliphatic rings. The van der Waals surface area contributed by atoms with Gasteiger partial charge in [0.2, 0.25) is 0 Å². The van der Waals surface area contributed by atoms with E-state index in [1.807, 2.05) is 0 Å². The lowest BCUT2D eigenvalue weighted by Crippen LogP contribution is -2.48. The van der Waals surface area contributed by atoms with Crippen molar-refractivity contribution in [2.24, 2.45) is 17.8 Å². The minimum Gasteiger partial charge on any atom is -0.389 e. The van der Waals surface area contributed by atoms with Crippen molar-refractivity contribution >= 4 is 0 Å². The third-order valence-electron chi connectivity index (χ3n) is 5.44. The lowest BCUT2D eigenvalue weighted by atomic mass is 9.63. The molecule has 2 rings (SSSR count). The zero-order valence-electron chi connectivity index (χ0n) is 11.0. The van der Waals surface area contributed by atoms with E-state index in [0.717, 1.165) is 6.42 Å². The van der Waals surface area contributed by atoms with Crippen LogP contribution in [0.4, 0.5) is 0 Å². The van der Waals surface area contributed by atoms with Crippen molar-refractivity contribution < 1.29 is 5.11 Å². The third kappa shape index (κ3) is 2.30. The Balaban J connectivity index is 2.08. The molecule has 94 valence electrons. The van der Waals surface area contributed by atoms with Gasteiger partial charge in [-0.2, -0.15) is 0 Å². The molecule has 0 aromatic heterocycles. The van der Waals surface area contributed by atoms with E-state index in [4.69, 9.17) is 0 Å². The van der Waals surface area contributed by atoms with Crippen LogP contribution in [0.1, 0.15) is 71.6 Å². The second-order valence-corrected chi connectivity index (χ2v) is 6.34. The molecular weight excluding hydrogens is 196 g/mol. The Morgan fingerprint density at radius 1 is 0.875 bits per heavy atom. The highest BCUT2D eigenvalue weighted by Gasteiger charge is 2.45. The van der Waals surface area contributed by atoms with Crippen molar-refractivity contribution in [2.75, 3.05) is 0 Å². The molecule has 1 nitrogen and oxygen atoms in total. The Hall–Kier alpha value is -0.0400. The number of rotatable bonds is 1. The monoisotopic (exact) mass is 224 g/mol. The largest absolute Gasteiger partial charge is 0.389 e. The first-order chi connectivity index (χ1) is 7.64. The first kappa shape index (κ1) is 12.4. The zero-order valence-corrected chi connectivity index (χ0v) is 11.0. The Labute approximate surface area is 101 Å². The van der Waals surface area contributed by atoms with Gasteiger partial charge >= 0.3 is 0 Å². The highest BCUT2D eigenvalue weighted by molar-refractivity contribution is 4.96. The first-order valence-electron chi connectivity index (χ1n) is 7.37. The van der Waals surface area contributed by atoms with Gasteiger partial charge in [0.15, 0.2) is 0 Å². The molecule has 0 aliphatic heterocycles. The van der Waals surface area contributed by atoms with Crippen molar-refractivity contribution in [1.82, 2.24) is 0 Å². The second kappa shape index (κ2) is 5.08. The molecule has 0 amide bonds. The Bertz CT molecular complexity index is 217. The predicted molar refractivity (Wildman–Crippen MR) is 68.3 cm³/mol. The molecule has 3 unspecified atom stereocenters. The molecule has 2 saturated carbocycles. The van der Waals surface area contributed by atoms with Gasteiger partial charge in [0, 0.05) is 0 Å². The Morgan fingerprint density at radius 2 is 1.50 bits per heavy atom. The van der Waals surface area contributed by atoms with Crippen LogP contribution in [-0.4, -0.2) is 10.7 Å². The highest BCUT2D eigenvalue weighted by Crippen LogP contribution is 2.46. The second-order valence-electron chi connectivity index (χ2n) is 6.34. The van der Waals surface area contributed by atoms with E-state index in [-0.39, 0.29) is 5.60 Å². The molecule has 2 fully saturated rings. The highest BCUT2D eigenvalue weighted by atomic mass is 16.3. The fraction of sp³-hybridized carbons (Fsp3) is 1.00. The summed E-state index contributed by atoms with van der Waals surface area (Å²) in [7, 11) is 0. The van der Waals surface area contributed by atoms with Gasteiger partial charge < -0.3 is 5.11 Å². The molecule has 16 heavy (non-hydrogen) atoms. The molecule has 2 aliphatic carbocycles. The maximum absolute atomic E-state index is 11.1. The quantitative estimate of drug-likeness (QED) is 0.664. The van der Waals surface area contributed by atoms with Gasteiger partial charge in [0.1, 0.15) is 0 Å². The van der Waals surface area contributed by atoms with Crippen LogP contribution in [0.25, 0.3) is 0 Å². The van der Waals surface area contributed by atoms with E-state index in [9.17, 15) is 5.11 Å². The number of hydrogen-bond donors (Lipinski definition) is 1. The van der Waals surface area contributed by atoms with Crippen LogP contribution in [0, 0.1) is 17.8 Å². The number of aliphatic hydroxyl groups is 1. The molecule has 0 aromatic carbocycles. The fourth-order valence-corrected chi connectivity index (χ4v) is 4.03. The van der Waals surface area contributed by atoms with Gasteiger partial charge in [-0.05, 0) is 37.0 Å². The van der Waals surface area contributed by atoms with Gasteiger partial charge in [0.05, 0.1) is 5.60 Å². The van der Waals surface area contributed by atoms with Gasteiger partial charge in [0.25, 0.3) is 0 Å². The van der Waals surface area contributed by atoms with Crippen LogP contribution in [0.2, 0.25) is 0 Å². The van der Waals surface area contributed by atoms with Gasteiger partial charge in [-0.15, -0.1) is 0 Å². The maximum Gasteiger partial charge on any atom is 0.0703 e. The summed E-state index contributed by atoms with van der Waals surface area (Å²) in [5.41, 5.74) is -0.331. The van der Waals surface area contributed by atoms with Crippen LogP contribution in [0.3, 0.4) is 0 Å². The summed E-state index contributed by atoms with van der Waals surface area (Å²) in [4.78, 5) is 0. The van der Waals surface area contributed by atoms with E-state index in [0.29, 0.717) is 17.8 Å². The van der Waals surface area contributed by atoms with Crippen molar-refractivity contribution in [3.05, 3.63) is 0 Å². The zero-order chi connectivity index (χ0) is 11.6. The fourth-order valence-electron chi connectivity index (χ4n) is 4.03. The van der Waals surface area contributed by atoms with Crippen LogP contribution in [0.15, 0.2) is 0 Å². The molecule has 0 saturated heterocycles. The summed E-state index contributed by atoms with van der Waals surface area (Å²) in [5.74, 6) is 1.80. The first-order valence-corrected chi connectivity index (χ1v) is 7.37. The summed E-state index contributed by atoms with van der Waals surface area (Å²) in [5, 5.41) is 11.1. The van der Waals surface area contributed by atoms with Crippen LogP contribution in [0.5, 0.6) is 0 Å². The van der Waals surface area contributed by atoms with Gasteiger partial charge in [-0.3, -0.25) is 0 Å². The standard InChI is InChI=1S/C15H28O/c1-12-8-7-11-15(16,13(12)2)14-9-5-3-4-6-10-14/h12-14,16H,3-11H2,1-2H3. The summed E-state index contributed by atoms with van der Waals surface area (Å²) in [6.07, 6.45) is 11.6. The van der Waals surface area contributed by atoms with Gasteiger partial charge in [-0.1, -0.05) is 52.4 Å². The summed E-state index contributed by atoms with van der Waals surface area (Å²) < 4.78 is 0. The van der Waals surface area contributed by atoms with Crippen LogP contribution < -0.4 is 0 Å². The van der Waals surface area contributed by atoms with Crippen molar-refractivity contribution in [1.29, 1.82) is 0 Å². The average molecular weight is 224 g/mol. The average Bonchev–Trinajstić information content (AvgIpc) is 2.54. The molecular formula is C15H28O. The molecule has 0 radical (unpaired) electrons. The lowest BCUT2D eigenvalue weighted by molar-refractivity contribution is -0.110. The summed E-state index contributed by atoms with van der Waals surface area (Å²) >= 11 is 0.